The van der Waals surface area contributed by atoms with Crippen molar-refractivity contribution >= 4 is 22.8 Å². The summed E-state index contributed by atoms with van der Waals surface area (Å²) in [5, 5.41) is 11.1. The van der Waals surface area contributed by atoms with Crippen molar-refractivity contribution in [2.75, 3.05) is 0 Å². The molecule has 0 unspecified atom stereocenters. The number of aromatic nitrogens is 1. The zero-order chi connectivity index (χ0) is 16.2. The second-order valence-corrected chi connectivity index (χ2v) is 5.37. The predicted molar refractivity (Wildman–Crippen MR) is 95.6 cm³/mol. The Kier molecular flexibility index (Phi) is 4.16. The first kappa shape index (κ1) is 14.9. The van der Waals surface area contributed by atoms with Crippen LogP contribution in [0.25, 0.3) is 10.9 Å². The highest BCUT2D eigenvalue weighted by Crippen LogP contribution is 2.29. The van der Waals surface area contributed by atoms with E-state index in [-0.39, 0.29) is 5.88 Å². The molecule has 3 nitrogen and oxygen atoms in total. The van der Waals surface area contributed by atoms with E-state index in [9.17, 15) is 5.11 Å². The lowest BCUT2D eigenvalue weighted by Gasteiger charge is -1.98. The number of aliphatic imine (C=N–C) groups is 1. The summed E-state index contributed by atoms with van der Waals surface area (Å²) in [6, 6.07) is 13.8. The topological polar surface area (TPSA) is 48.4 Å². The third-order valence-electron chi connectivity index (χ3n) is 3.59. The molecular weight excluding hydrogens is 284 g/mol. The number of aromatic hydroxyl groups is 1. The molecular formula is C20H18N2O. The van der Waals surface area contributed by atoms with Gasteiger partial charge in [0.25, 0.3) is 0 Å². The fourth-order valence-electron chi connectivity index (χ4n) is 2.52. The summed E-state index contributed by atoms with van der Waals surface area (Å²) < 4.78 is 0. The number of rotatable bonds is 2. The van der Waals surface area contributed by atoms with Crippen LogP contribution in [0.2, 0.25) is 0 Å². The zero-order valence-electron chi connectivity index (χ0n) is 13.2. The highest BCUT2D eigenvalue weighted by Gasteiger charge is 2.11. The third-order valence-corrected chi connectivity index (χ3v) is 3.59. The number of hydrogen-bond acceptors (Lipinski definition) is 2. The van der Waals surface area contributed by atoms with E-state index in [0.717, 1.165) is 34.1 Å². The average molecular weight is 302 g/mol. The Bertz CT molecular complexity index is 939. The summed E-state index contributed by atoms with van der Waals surface area (Å²) in [5.74, 6) is 6.35. The summed E-state index contributed by atoms with van der Waals surface area (Å²) >= 11 is 0. The van der Waals surface area contributed by atoms with E-state index in [1.807, 2.05) is 56.3 Å². The normalized spacial score (nSPS) is 10.9. The number of fused-ring (bicyclic) bond motifs is 1. The van der Waals surface area contributed by atoms with Crippen molar-refractivity contribution in [3.05, 3.63) is 59.2 Å². The van der Waals surface area contributed by atoms with Crippen LogP contribution in [0.4, 0.5) is 5.69 Å². The molecule has 0 atom stereocenters. The summed E-state index contributed by atoms with van der Waals surface area (Å²) in [6.07, 6.45) is 2.49. The summed E-state index contributed by atoms with van der Waals surface area (Å²) in [5.41, 5.74) is 4.43. The maximum atomic E-state index is 10.2. The molecule has 0 saturated heterocycles. The molecule has 0 bridgehead atoms. The Balaban J connectivity index is 2.11. The van der Waals surface area contributed by atoms with Gasteiger partial charge >= 0.3 is 0 Å². The van der Waals surface area contributed by atoms with Crippen LogP contribution < -0.4 is 0 Å². The van der Waals surface area contributed by atoms with Crippen LogP contribution in [0.3, 0.4) is 0 Å². The van der Waals surface area contributed by atoms with Crippen LogP contribution in [0, 0.1) is 18.8 Å². The van der Waals surface area contributed by atoms with Crippen LogP contribution in [-0.4, -0.2) is 16.3 Å². The number of aromatic amines is 1. The Morgan fingerprint density at radius 2 is 2.04 bits per heavy atom. The lowest BCUT2D eigenvalue weighted by molar-refractivity contribution is 0.457. The van der Waals surface area contributed by atoms with E-state index < -0.39 is 0 Å². The molecule has 2 N–H and O–H groups in total. The Labute approximate surface area is 135 Å². The maximum absolute atomic E-state index is 10.2. The van der Waals surface area contributed by atoms with Crippen LogP contribution >= 0.6 is 0 Å². The van der Waals surface area contributed by atoms with E-state index >= 15 is 0 Å². The first-order chi connectivity index (χ1) is 11.2. The molecule has 0 aliphatic rings. The van der Waals surface area contributed by atoms with Crippen molar-refractivity contribution in [2.24, 2.45) is 4.99 Å². The van der Waals surface area contributed by atoms with Gasteiger partial charge < -0.3 is 10.1 Å². The molecule has 0 aliphatic heterocycles. The summed E-state index contributed by atoms with van der Waals surface area (Å²) in [7, 11) is 0. The maximum Gasteiger partial charge on any atom is 0.198 e. The molecule has 1 heterocycles. The number of nitrogens with one attached hydrogen (secondary N) is 1. The van der Waals surface area contributed by atoms with Gasteiger partial charge in [0.05, 0.1) is 16.8 Å². The van der Waals surface area contributed by atoms with E-state index in [1.54, 1.807) is 6.21 Å². The minimum absolute atomic E-state index is 0.113. The van der Waals surface area contributed by atoms with Gasteiger partial charge in [0.15, 0.2) is 5.88 Å². The molecule has 3 rings (SSSR count). The Morgan fingerprint density at radius 1 is 1.22 bits per heavy atom. The second-order valence-electron chi connectivity index (χ2n) is 5.37. The van der Waals surface area contributed by atoms with E-state index in [0.29, 0.717) is 5.56 Å². The number of hydrogen-bond donors (Lipinski definition) is 2. The van der Waals surface area contributed by atoms with Crippen molar-refractivity contribution in [3.63, 3.8) is 0 Å². The molecule has 0 aliphatic carbocycles. The van der Waals surface area contributed by atoms with E-state index in [2.05, 4.69) is 21.8 Å². The molecule has 0 amide bonds. The van der Waals surface area contributed by atoms with Crippen LogP contribution in [0.1, 0.15) is 30.0 Å². The SMILES string of the molecule is CCC#Cc1cccc2[nH]c(O)c(C=Nc3cccc(C)c3)c12. The fourth-order valence-corrected chi connectivity index (χ4v) is 2.52. The van der Waals surface area contributed by atoms with Gasteiger partial charge in [-0.3, -0.25) is 4.99 Å². The highest BCUT2D eigenvalue weighted by atomic mass is 16.3. The molecule has 1 aromatic heterocycles. The van der Waals surface area contributed by atoms with Crippen molar-refractivity contribution in [1.82, 2.24) is 4.98 Å². The zero-order valence-corrected chi connectivity index (χ0v) is 13.2. The van der Waals surface area contributed by atoms with E-state index in [4.69, 9.17) is 0 Å². The van der Waals surface area contributed by atoms with Crippen molar-refractivity contribution in [2.45, 2.75) is 20.3 Å². The van der Waals surface area contributed by atoms with Crippen LogP contribution in [0.15, 0.2) is 47.5 Å². The average Bonchev–Trinajstić information content (AvgIpc) is 2.87. The molecule has 0 radical (unpaired) electrons. The predicted octanol–water partition coefficient (Wildman–Crippen LogP) is 4.69. The first-order valence-corrected chi connectivity index (χ1v) is 7.62. The third kappa shape index (κ3) is 3.12. The quantitative estimate of drug-likeness (QED) is 0.523. The lowest BCUT2D eigenvalue weighted by atomic mass is 10.1. The Morgan fingerprint density at radius 3 is 2.83 bits per heavy atom. The van der Waals surface area contributed by atoms with Crippen molar-refractivity contribution < 1.29 is 5.11 Å². The van der Waals surface area contributed by atoms with Gasteiger partial charge in [0.1, 0.15) is 0 Å². The van der Waals surface area contributed by atoms with Gasteiger partial charge in [-0.25, -0.2) is 0 Å². The van der Waals surface area contributed by atoms with Crippen molar-refractivity contribution in [3.8, 4) is 17.7 Å². The fraction of sp³-hybridized carbons (Fsp3) is 0.150. The molecule has 0 fully saturated rings. The molecule has 3 aromatic rings. The van der Waals surface area contributed by atoms with Gasteiger partial charge in [-0.05, 0) is 36.8 Å². The standard InChI is InChI=1S/C20H18N2O/c1-3-4-8-15-9-6-11-18-19(15)17(20(23)22-18)13-21-16-10-5-7-14(2)12-16/h5-7,9-13,22-23H,3H2,1-2H3. The molecule has 0 saturated carbocycles. The van der Waals surface area contributed by atoms with Gasteiger partial charge in [-0.2, -0.15) is 0 Å². The molecule has 23 heavy (non-hydrogen) atoms. The monoisotopic (exact) mass is 302 g/mol. The number of H-pyrrole nitrogens is 1. The smallest absolute Gasteiger partial charge is 0.198 e. The van der Waals surface area contributed by atoms with Gasteiger partial charge in [-0.15, -0.1) is 0 Å². The van der Waals surface area contributed by atoms with Gasteiger partial charge in [-0.1, -0.05) is 37.0 Å². The second kappa shape index (κ2) is 6.41. The largest absolute Gasteiger partial charge is 0.494 e. The Hall–Kier alpha value is -2.99. The minimum Gasteiger partial charge on any atom is -0.494 e. The van der Waals surface area contributed by atoms with Crippen molar-refractivity contribution in [1.29, 1.82) is 0 Å². The van der Waals surface area contributed by atoms with Crippen LogP contribution in [0.5, 0.6) is 5.88 Å². The highest BCUT2D eigenvalue weighted by molar-refractivity contribution is 6.05. The number of nitrogens with zero attached hydrogens (tertiary/aromatic N) is 1. The molecule has 114 valence electrons. The van der Waals surface area contributed by atoms with Gasteiger partial charge in [0.2, 0.25) is 0 Å². The van der Waals surface area contributed by atoms with E-state index in [1.165, 1.54) is 0 Å². The summed E-state index contributed by atoms with van der Waals surface area (Å²) in [4.78, 5) is 7.48. The number of aryl methyl sites for hydroxylation is 1. The minimum atomic E-state index is 0.113. The molecule has 0 spiro atoms. The molecule has 2 aromatic carbocycles. The molecule has 3 heteroatoms. The number of benzene rings is 2. The summed E-state index contributed by atoms with van der Waals surface area (Å²) in [6.45, 7) is 4.04. The first-order valence-electron chi connectivity index (χ1n) is 7.62. The van der Waals surface area contributed by atoms with Gasteiger partial charge in [0, 0.05) is 23.6 Å². The van der Waals surface area contributed by atoms with Crippen LogP contribution in [-0.2, 0) is 0 Å². The lowest BCUT2D eigenvalue weighted by Crippen LogP contribution is -1.83.